The molecule has 5 nitrogen and oxygen atoms in total. The summed E-state index contributed by atoms with van der Waals surface area (Å²) in [6.45, 7) is 4.55. The minimum absolute atomic E-state index is 0.00674. The van der Waals surface area contributed by atoms with E-state index >= 15 is 0 Å². The highest BCUT2D eigenvalue weighted by atomic mass is 35.5. The number of amides is 1. The molecule has 2 aromatic rings. The number of anilines is 1. The van der Waals surface area contributed by atoms with Gasteiger partial charge >= 0.3 is 0 Å². The summed E-state index contributed by atoms with van der Waals surface area (Å²) in [5.41, 5.74) is 1.86. The lowest BCUT2D eigenvalue weighted by Crippen LogP contribution is -2.46. The zero-order valence-electron chi connectivity index (χ0n) is 15.2. The van der Waals surface area contributed by atoms with Crippen LogP contribution >= 0.6 is 11.8 Å². The first-order valence-corrected chi connectivity index (χ1v) is 8.93. The first-order chi connectivity index (χ1) is 12.5. The largest absolute Gasteiger partial charge is 0.497 e. The highest BCUT2D eigenvalue weighted by Gasteiger charge is 2.30. The van der Waals surface area contributed by atoms with E-state index in [-0.39, 0.29) is 18.1 Å². The van der Waals surface area contributed by atoms with E-state index in [1.165, 1.54) is 0 Å². The Kier molecular flexibility index (Phi) is 5.69. The summed E-state index contributed by atoms with van der Waals surface area (Å²) in [4.78, 5) is 13.8. The highest BCUT2D eigenvalue weighted by molar-refractivity contribution is 6.13. The minimum atomic E-state index is -0.209. The third-order valence-electron chi connectivity index (χ3n) is 4.59. The molecule has 2 aromatic carbocycles. The molecule has 0 fully saturated rings. The molecule has 0 saturated heterocycles. The van der Waals surface area contributed by atoms with Crippen LogP contribution in [-0.2, 0) is 4.79 Å². The third-order valence-corrected chi connectivity index (χ3v) is 5.02. The summed E-state index contributed by atoms with van der Waals surface area (Å²) in [6.07, 6.45) is -0.209. The number of benzene rings is 2. The fourth-order valence-electron chi connectivity index (χ4n) is 3.11. The smallest absolute Gasteiger partial charge is 0.224 e. The zero-order valence-corrected chi connectivity index (χ0v) is 15.9. The molecule has 0 aromatic heterocycles. The molecule has 0 N–H and O–H groups in total. The summed E-state index contributed by atoms with van der Waals surface area (Å²) in [6, 6.07) is 15.4. The molecule has 6 heteroatoms. The molecular formula is C20H23ClN2O3. The lowest BCUT2D eigenvalue weighted by Gasteiger charge is -2.36. The second kappa shape index (κ2) is 7.98. The van der Waals surface area contributed by atoms with Gasteiger partial charge in [0.1, 0.15) is 17.6 Å². The second-order valence-electron chi connectivity index (χ2n) is 6.37. The molecule has 138 valence electrons. The first-order valence-electron chi connectivity index (χ1n) is 8.59. The van der Waals surface area contributed by atoms with E-state index in [4.69, 9.17) is 21.3 Å². The average molecular weight is 375 g/mol. The number of halogens is 1. The minimum Gasteiger partial charge on any atom is -0.497 e. The van der Waals surface area contributed by atoms with Crippen LogP contribution in [0.3, 0.4) is 0 Å². The van der Waals surface area contributed by atoms with Gasteiger partial charge in [-0.15, -0.1) is 0 Å². The predicted octanol–water partition coefficient (Wildman–Crippen LogP) is 4.03. The van der Waals surface area contributed by atoms with Gasteiger partial charge in [0, 0.05) is 13.0 Å². The van der Waals surface area contributed by atoms with Crippen molar-refractivity contribution in [3.05, 3.63) is 54.1 Å². The maximum atomic E-state index is 12.0. The van der Waals surface area contributed by atoms with Gasteiger partial charge in [0.15, 0.2) is 0 Å². The van der Waals surface area contributed by atoms with Gasteiger partial charge in [-0.1, -0.05) is 24.3 Å². The molecular weight excluding hydrogens is 352 g/mol. The van der Waals surface area contributed by atoms with E-state index < -0.39 is 0 Å². The predicted molar refractivity (Wildman–Crippen MR) is 103 cm³/mol. The molecule has 1 aliphatic heterocycles. The van der Waals surface area contributed by atoms with Crippen LogP contribution < -0.4 is 14.4 Å². The average Bonchev–Trinajstić information content (AvgIpc) is 2.66. The Morgan fingerprint density at radius 2 is 2.12 bits per heavy atom. The normalized spacial score (nSPS) is 17.4. The Bertz CT molecular complexity index is 783. The zero-order chi connectivity index (χ0) is 18.7. The number of rotatable bonds is 5. The van der Waals surface area contributed by atoms with Crippen LogP contribution in [0.15, 0.2) is 48.5 Å². The van der Waals surface area contributed by atoms with Crippen LogP contribution in [0.2, 0.25) is 0 Å². The number of methoxy groups -OCH3 is 1. The number of nitrogens with zero attached hydrogens (tertiary/aromatic N) is 2. The van der Waals surface area contributed by atoms with Crippen molar-refractivity contribution in [2.75, 3.05) is 25.1 Å². The number of carbonyl (C=O) groups is 1. The van der Waals surface area contributed by atoms with Gasteiger partial charge in [-0.3, -0.25) is 4.79 Å². The Morgan fingerprint density at radius 1 is 1.35 bits per heavy atom. The third kappa shape index (κ3) is 3.94. The summed E-state index contributed by atoms with van der Waals surface area (Å²) in [7, 11) is 1.64. The number of hydrogen-bond donors (Lipinski definition) is 0. The van der Waals surface area contributed by atoms with Crippen molar-refractivity contribution in [2.45, 2.75) is 26.0 Å². The molecule has 1 unspecified atom stereocenters. The van der Waals surface area contributed by atoms with Crippen molar-refractivity contribution >= 4 is 23.4 Å². The van der Waals surface area contributed by atoms with E-state index in [1.54, 1.807) is 23.4 Å². The quantitative estimate of drug-likeness (QED) is 0.741. The Hall–Kier alpha value is -2.24. The van der Waals surface area contributed by atoms with Crippen LogP contribution in [-0.4, -0.2) is 36.6 Å². The van der Waals surface area contributed by atoms with Crippen LogP contribution in [0.4, 0.5) is 5.69 Å². The van der Waals surface area contributed by atoms with Crippen molar-refractivity contribution in [1.82, 2.24) is 4.42 Å². The summed E-state index contributed by atoms with van der Waals surface area (Å²) >= 11 is 6.56. The fourth-order valence-corrected chi connectivity index (χ4v) is 3.37. The Morgan fingerprint density at radius 3 is 2.85 bits per heavy atom. The number of hydrogen-bond acceptors (Lipinski definition) is 4. The van der Waals surface area contributed by atoms with Crippen molar-refractivity contribution < 1.29 is 14.3 Å². The van der Waals surface area contributed by atoms with Gasteiger partial charge in [0.05, 0.1) is 25.9 Å². The molecule has 3 rings (SSSR count). The molecule has 26 heavy (non-hydrogen) atoms. The van der Waals surface area contributed by atoms with Gasteiger partial charge in [-0.05, 0) is 48.5 Å². The number of para-hydroxylation sites is 2. The highest BCUT2D eigenvalue weighted by Crippen LogP contribution is 2.34. The van der Waals surface area contributed by atoms with Crippen molar-refractivity contribution in [1.29, 1.82) is 0 Å². The lowest BCUT2D eigenvalue weighted by atomic mass is 10.1. The van der Waals surface area contributed by atoms with Gasteiger partial charge < -0.3 is 14.4 Å². The van der Waals surface area contributed by atoms with Gasteiger partial charge in [-0.2, -0.15) is 0 Å². The first kappa shape index (κ1) is 18.5. The fraction of sp³-hybridized carbons (Fsp3) is 0.350. The summed E-state index contributed by atoms with van der Waals surface area (Å²) in [5.74, 6) is 1.50. The molecule has 2 atom stereocenters. The maximum Gasteiger partial charge on any atom is 0.224 e. The molecule has 1 heterocycles. The monoisotopic (exact) mass is 374 g/mol. The molecule has 1 aliphatic rings. The number of carbonyl (C=O) groups excluding carboxylic acids is 1. The van der Waals surface area contributed by atoms with Crippen molar-refractivity contribution in [2.24, 2.45) is 0 Å². The van der Waals surface area contributed by atoms with Crippen molar-refractivity contribution in [3.63, 3.8) is 0 Å². The second-order valence-corrected chi connectivity index (χ2v) is 6.81. The van der Waals surface area contributed by atoms with Crippen LogP contribution in [0.25, 0.3) is 0 Å². The molecule has 0 aliphatic carbocycles. The van der Waals surface area contributed by atoms with Crippen LogP contribution in [0, 0.1) is 0 Å². The Labute approximate surface area is 159 Å². The van der Waals surface area contributed by atoms with E-state index in [0.29, 0.717) is 18.8 Å². The van der Waals surface area contributed by atoms with Crippen LogP contribution in [0.1, 0.15) is 25.5 Å². The van der Waals surface area contributed by atoms with Crippen molar-refractivity contribution in [3.8, 4) is 11.5 Å². The molecule has 1 amide bonds. The van der Waals surface area contributed by atoms with Gasteiger partial charge in [0.2, 0.25) is 5.91 Å². The van der Waals surface area contributed by atoms with E-state index in [0.717, 1.165) is 17.0 Å². The molecule has 0 radical (unpaired) electrons. The van der Waals surface area contributed by atoms with E-state index in [1.807, 2.05) is 55.5 Å². The maximum absolute atomic E-state index is 12.0. The van der Waals surface area contributed by atoms with E-state index in [9.17, 15) is 4.79 Å². The van der Waals surface area contributed by atoms with E-state index in [2.05, 4.69) is 0 Å². The summed E-state index contributed by atoms with van der Waals surface area (Å²) < 4.78 is 13.1. The lowest BCUT2D eigenvalue weighted by molar-refractivity contribution is -0.117. The molecule has 0 bridgehead atoms. The topological polar surface area (TPSA) is 42.0 Å². The molecule has 0 saturated carbocycles. The molecule has 0 spiro atoms. The number of fused-ring (bicyclic) bond motifs is 1. The van der Waals surface area contributed by atoms with Gasteiger partial charge in [0.25, 0.3) is 0 Å². The summed E-state index contributed by atoms with van der Waals surface area (Å²) in [5, 5.41) is 0. The van der Waals surface area contributed by atoms with Gasteiger partial charge in [-0.25, -0.2) is 4.42 Å². The van der Waals surface area contributed by atoms with Crippen LogP contribution in [0.5, 0.6) is 11.5 Å². The Balaban J connectivity index is 1.73. The number of ether oxygens (including phenoxy) is 2. The standard InChI is InChI=1S/C20H23ClN2O3/c1-14(16-7-6-8-17(11-16)25-3)23(21)13-18-12-22(15(2)24)19-9-4-5-10-20(19)26-18/h4-11,14,18H,12-13H2,1-3H3/t14-,18?/m1/s1. The SMILES string of the molecule is COc1cccc([C@@H](C)N(Cl)CC2CN(C(C)=O)c3ccccc3O2)c1.